The number of rotatable bonds is 2. The Labute approximate surface area is 153 Å². The van der Waals surface area contributed by atoms with Gasteiger partial charge in [-0.15, -0.1) is 0 Å². The van der Waals surface area contributed by atoms with E-state index in [1.54, 1.807) is 4.90 Å². The predicted octanol–water partition coefficient (Wildman–Crippen LogP) is 1.44. The van der Waals surface area contributed by atoms with Crippen LogP contribution in [0.15, 0.2) is 12.2 Å². The minimum absolute atomic E-state index is 0.124. The van der Waals surface area contributed by atoms with Gasteiger partial charge in [-0.1, -0.05) is 25.0 Å². The minimum Gasteiger partial charge on any atom is -0.377 e. The molecule has 3 aliphatic heterocycles. The first kappa shape index (κ1) is 17.5. The maximum atomic E-state index is 12.7. The van der Waals surface area contributed by atoms with E-state index < -0.39 is 11.6 Å². The molecular formula is C19H27N3O4. The lowest BCUT2D eigenvalue weighted by atomic mass is 9.76. The third kappa shape index (κ3) is 3.02. The second-order valence-electron chi connectivity index (χ2n) is 8.18. The Balaban J connectivity index is 1.35. The predicted molar refractivity (Wildman–Crippen MR) is 94.3 cm³/mol. The molecule has 7 heteroatoms. The van der Waals surface area contributed by atoms with Gasteiger partial charge in [0, 0.05) is 18.5 Å². The lowest BCUT2D eigenvalue weighted by molar-refractivity contribution is -0.140. The van der Waals surface area contributed by atoms with Crippen LogP contribution in [0.25, 0.3) is 0 Å². The maximum absolute atomic E-state index is 12.7. The Bertz CT molecular complexity index is 631. The monoisotopic (exact) mass is 361 g/mol. The van der Waals surface area contributed by atoms with Crippen LogP contribution in [0.4, 0.5) is 4.79 Å². The third-order valence-corrected chi connectivity index (χ3v) is 6.51. The Morgan fingerprint density at radius 2 is 1.85 bits per heavy atom. The average Bonchev–Trinajstić information content (AvgIpc) is 3.10. The Morgan fingerprint density at radius 3 is 2.58 bits per heavy atom. The molecule has 4 amide bonds. The highest BCUT2D eigenvalue weighted by atomic mass is 16.5. The van der Waals surface area contributed by atoms with Gasteiger partial charge in [-0.25, -0.2) is 4.79 Å². The van der Waals surface area contributed by atoms with E-state index in [-0.39, 0.29) is 23.8 Å². The molecule has 0 aromatic rings. The second kappa shape index (κ2) is 6.68. The molecule has 1 N–H and O–H groups in total. The van der Waals surface area contributed by atoms with Gasteiger partial charge in [0.05, 0.1) is 13.2 Å². The number of ether oxygens (including phenoxy) is 1. The summed E-state index contributed by atoms with van der Waals surface area (Å²) in [5.41, 5.74) is -0.619. The largest absolute Gasteiger partial charge is 0.377 e. The van der Waals surface area contributed by atoms with Crippen LogP contribution >= 0.6 is 0 Å². The number of hydrogen-bond donors (Lipinski definition) is 1. The SMILES string of the molecule is O=C(CN1C(=O)NC2(CCCC2)C1=O)N1CCC2(CC=CCOC2)CC1. The molecule has 7 nitrogen and oxygen atoms in total. The van der Waals surface area contributed by atoms with Crippen molar-refractivity contribution in [2.75, 3.05) is 32.8 Å². The summed E-state index contributed by atoms with van der Waals surface area (Å²) < 4.78 is 5.68. The fourth-order valence-corrected chi connectivity index (χ4v) is 4.76. The summed E-state index contributed by atoms with van der Waals surface area (Å²) in [6.07, 6.45) is 10.3. The summed E-state index contributed by atoms with van der Waals surface area (Å²) >= 11 is 0. The average molecular weight is 361 g/mol. The fourth-order valence-electron chi connectivity index (χ4n) is 4.76. The Kier molecular flexibility index (Phi) is 4.50. The molecule has 4 rings (SSSR count). The molecule has 0 aromatic carbocycles. The van der Waals surface area contributed by atoms with Gasteiger partial charge in [-0.2, -0.15) is 0 Å². The van der Waals surface area contributed by atoms with Crippen LogP contribution in [0.2, 0.25) is 0 Å². The van der Waals surface area contributed by atoms with Crippen LogP contribution in [0.5, 0.6) is 0 Å². The molecule has 0 unspecified atom stereocenters. The molecule has 0 bridgehead atoms. The van der Waals surface area contributed by atoms with Crippen molar-refractivity contribution in [2.24, 2.45) is 5.41 Å². The first-order valence-electron chi connectivity index (χ1n) is 9.68. The number of urea groups is 1. The van der Waals surface area contributed by atoms with Crippen molar-refractivity contribution in [2.45, 2.75) is 50.5 Å². The molecule has 2 spiro atoms. The lowest BCUT2D eigenvalue weighted by Crippen LogP contribution is -2.49. The van der Waals surface area contributed by atoms with Crippen molar-refractivity contribution >= 4 is 17.8 Å². The van der Waals surface area contributed by atoms with Crippen LogP contribution < -0.4 is 5.32 Å². The zero-order valence-electron chi connectivity index (χ0n) is 15.2. The Hall–Kier alpha value is -1.89. The number of piperidine rings is 1. The van der Waals surface area contributed by atoms with Gasteiger partial charge in [0.15, 0.2) is 0 Å². The maximum Gasteiger partial charge on any atom is 0.325 e. The van der Waals surface area contributed by atoms with Crippen LogP contribution in [-0.2, 0) is 14.3 Å². The van der Waals surface area contributed by atoms with E-state index in [1.807, 2.05) is 0 Å². The third-order valence-electron chi connectivity index (χ3n) is 6.51. The first-order chi connectivity index (χ1) is 12.5. The van der Waals surface area contributed by atoms with E-state index in [0.717, 1.165) is 43.6 Å². The zero-order valence-corrected chi connectivity index (χ0v) is 15.2. The lowest BCUT2D eigenvalue weighted by Gasteiger charge is -2.41. The quantitative estimate of drug-likeness (QED) is 0.596. The summed E-state index contributed by atoms with van der Waals surface area (Å²) in [7, 11) is 0. The molecule has 3 fully saturated rings. The van der Waals surface area contributed by atoms with Gasteiger partial charge in [0.2, 0.25) is 5.91 Å². The number of allylic oxidation sites excluding steroid dienone is 1. The van der Waals surface area contributed by atoms with E-state index in [4.69, 9.17) is 4.74 Å². The number of nitrogens with one attached hydrogen (secondary N) is 1. The summed E-state index contributed by atoms with van der Waals surface area (Å²) in [6, 6.07) is -0.416. The fraction of sp³-hybridized carbons (Fsp3) is 0.737. The zero-order chi connectivity index (χ0) is 18.2. The summed E-state index contributed by atoms with van der Waals surface area (Å²) in [4.78, 5) is 40.5. The van der Waals surface area contributed by atoms with Crippen molar-refractivity contribution in [3.05, 3.63) is 12.2 Å². The van der Waals surface area contributed by atoms with E-state index in [2.05, 4.69) is 17.5 Å². The number of imide groups is 1. The number of likely N-dealkylation sites (tertiary alicyclic amines) is 1. The Morgan fingerprint density at radius 1 is 1.12 bits per heavy atom. The number of carbonyl (C=O) groups is 3. The van der Waals surface area contributed by atoms with Gasteiger partial charge in [0.25, 0.3) is 5.91 Å². The van der Waals surface area contributed by atoms with E-state index in [0.29, 0.717) is 32.5 Å². The second-order valence-corrected chi connectivity index (χ2v) is 8.18. The van der Waals surface area contributed by atoms with Crippen LogP contribution in [0.3, 0.4) is 0 Å². The van der Waals surface area contributed by atoms with E-state index in [9.17, 15) is 14.4 Å². The number of amides is 4. The molecule has 1 aliphatic carbocycles. The summed E-state index contributed by atoms with van der Waals surface area (Å²) in [5.74, 6) is -0.354. The number of nitrogens with zero attached hydrogens (tertiary/aromatic N) is 2. The standard InChI is InChI=1S/C19H27N3O4/c23-15(13-22-16(24)19(20-17(22)25)6-1-2-7-19)21-10-8-18(9-11-21)5-3-4-12-26-14-18/h3-4H,1-2,5-14H2,(H,20,25). The highest BCUT2D eigenvalue weighted by Crippen LogP contribution is 2.37. The molecule has 0 atom stereocenters. The van der Waals surface area contributed by atoms with Gasteiger partial charge in [0.1, 0.15) is 12.1 Å². The molecule has 0 radical (unpaired) electrons. The summed E-state index contributed by atoms with van der Waals surface area (Å²) in [6.45, 7) is 2.57. The normalized spacial score (nSPS) is 27.2. The highest BCUT2D eigenvalue weighted by Gasteiger charge is 2.53. The van der Waals surface area contributed by atoms with E-state index in [1.165, 1.54) is 0 Å². The van der Waals surface area contributed by atoms with Gasteiger partial charge in [-0.3, -0.25) is 14.5 Å². The number of carbonyl (C=O) groups excluding carboxylic acids is 3. The van der Waals surface area contributed by atoms with Crippen LogP contribution in [-0.4, -0.2) is 66.0 Å². The molecular weight excluding hydrogens is 334 g/mol. The minimum atomic E-state index is -0.743. The smallest absolute Gasteiger partial charge is 0.325 e. The molecule has 4 aliphatic rings. The molecule has 26 heavy (non-hydrogen) atoms. The summed E-state index contributed by atoms with van der Waals surface area (Å²) in [5, 5.41) is 2.83. The number of hydrogen-bond acceptors (Lipinski definition) is 4. The molecule has 142 valence electrons. The molecule has 1 saturated carbocycles. The molecule has 2 saturated heterocycles. The van der Waals surface area contributed by atoms with Gasteiger partial charge in [-0.05, 0) is 32.1 Å². The molecule has 3 heterocycles. The van der Waals surface area contributed by atoms with Crippen molar-refractivity contribution < 1.29 is 19.1 Å². The molecule has 0 aromatic heterocycles. The first-order valence-corrected chi connectivity index (χ1v) is 9.68. The van der Waals surface area contributed by atoms with Gasteiger partial charge < -0.3 is 15.0 Å². The van der Waals surface area contributed by atoms with Gasteiger partial charge >= 0.3 is 6.03 Å². The highest BCUT2D eigenvalue weighted by molar-refractivity contribution is 6.09. The van der Waals surface area contributed by atoms with Crippen molar-refractivity contribution in [1.29, 1.82) is 0 Å². The van der Waals surface area contributed by atoms with E-state index >= 15 is 0 Å². The van der Waals surface area contributed by atoms with Crippen molar-refractivity contribution in [3.8, 4) is 0 Å². The van der Waals surface area contributed by atoms with Crippen molar-refractivity contribution in [1.82, 2.24) is 15.1 Å². The van der Waals surface area contributed by atoms with Crippen LogP contribution in [0, 0.1) is 5.41 Å². The van der Waals surface area contributed by atoms with Crippen LogP contribution in [0.1, 0.15) is 44.9 Å². The van der Waals surface area contributed by atoms with Crippen molar-refractivity contribution in [3.63, 3.8) is 0 Å². The topological polar surface area (TPSA) is 79.0 Å².